The number of furan rings is 1. The predicted molar refractivity (Wildman–Crippen MR) is 74.1 cm³/mol. The molecule has 0 aliphatic heterocycles. The second-order valence-corrected chi connectivity index (χ2v) is 4.33. The van der Waals surface area contributed by atoms with E-state index in [0.29, 0.717) is 5.76 Å². The molecule has 0 radical (unpaired) electrons. The number of fused-ring (bicyclic) bond motifs is 1. The van der Waals surface area contributed by atoms with Crippen molar-refractivity contribution in [3.63, 3.8) is 0 Å². The molecule has 0 N–H and O–H groups in total. The lowest BCUT2D eigenvalue weighted by Gasteiger charge is -2.10. The Hall–Kier alpha value is -2.09. The van der Waals surface area contributed by atoms with Crippen LogP contribution in [0.1, 0.15) is 34.0 Å². The lowest BCUT2D eigenvalue weighted by molar-refractivity contribution is 0.110. The van der Waals surface area contributed by atoms with Gasteiger partial charge in [-0.2, -0.15) is 0 Å². The van der Waals surface area contributed by atoms with Crippen LogP contribution in [0.25, 0.3) is 11.0 Å². The molecule has 2 nitrogen and oxygen atoms in total. The van der Waals surface area contributed by atoms with Gasteiger partial charge in [0.2, 0.25) is 0 Å². The van der Waals surface area contributed by atoms with Gasteiger partial charge >= 0.3 is 0 Å². The van der Waals surface area contributed by atoms with Gasteiger partial charge in [0.25, 0.3) is 0 Å². The van der Waals surface area contributed by atoms with Gasteiger partial charge in [-0.3, -0.25) is 4.79 Å². The van der Waals surface area contributed by atoms with Gasteiger partial charge in [0.05, 0.1) is 0 Å². The van der Waals surface area contributed by atoms with Crippen molar-refractivity contribution in [3.05, 3.63) is 60.4 Å². The van der Waals surface area contributed by atoms with Crippen molar-refractivity contribution in [2.24, 2.45) is 0 Å². The van der Waals surface area contributed by atoms with E-state index in [9.17, 15) is 4.79 Å². The SMILES string of the molecule is C=CCC(C=C)c1ccc2oc(C=O)c(C)c2c1. The van der Waals surface area contributed by atoms with E-state index < -0.39 is 0 Å². The van der Waals surface area contributed by atoms with E-state index in [1.54, 1.807) is 0 Å². The molecule has 2 rings (SSSR count). The first kappa shape index (κ1) is 12.4. The molecule has 1 atom stereocenters. The molecule has 1 aromatic heterocycles. The third kappa shape index (κ3) is 2.02. The van der Waals surface area contributed by atoms with Crippen LogP contribution in [0.3, 0.4) is 0 Å². The fourth-order valence-electron chi connectivity index (χ4n) is 2.15. The summed E-state index contributed by atoms with van der Waals surface area (Å²) in [7, 11) is 0. The van der Waals surface area contributed by atoms with Crippen molar-refractivity contribution in [1.29, 1.82) is 0 Å². The molecule has 1 heterocycles. The molecular weight excluding hydrogens is 224 g/mol. The minimum atomic E-state index is 0.251. The quantitative estimate of drug-likeness (QED) is 0.572. The van der Waals surface area contributed by atoms with E-state index in [1.165, 1.54) is 5.56 Å². The molecule has 2 aromatic rings. The number of carbonyl (C=O) groups is 1. The van der Waals surface area contributed by atoms with Gasteiger partial charge in [0.1, 0.15) is 5.58 Å². The van der Waals surface area contributed by atoms with Crippen LogP contribution in [0.4, 0.5) is 0 Å². The molecular formula is C16H16O2. The summed E-state index contributed by atoms with van der Waals surface area (Å²) in [5.41, 5.74) is 2.81. The predicted octanol–water partition coefficient (Wildman–Crippen LogP) is 4.40. The molecule has 1 unspecified atom stereocenters. The normalized spacial score (nSPS) is 12.3. The summed E-state index contributed by atoms with van der Waals surface area (Å²) in [4.78, 5) is 10.9. The van der Waals surface area contributed by atoms with Crippen molar-refractivity contribution >= 4 is 17.3 Å². The van der Waals surface area contributed by atoms with Gasteiger partial charge < -0.3 is 4.42 Å². The van der Waals surface area contributed by atoms with E-state index in [-0.39, 0.29) is 5.92 Å². The number of aryl methyl sites for hydroxylation is 1. The Morgan fingerprint density at radius 2 is 2.17 bits per heavy atom. The number of hydrogen-bond acceptors (Lipinski definition) is 2. The van der Waals surface area contributed by atoms with Crippen molar-refractivity contribution in [3.8, 4) is 0 Å². The molecule has 0 bridgehead atoms. The molecule has 92 valence electrons. The summed E-state index contributed by atoms with van der Waals surface area (Å²) >= 11 is 0. The zero-order valence-electron chi connectivity index (χ0n) is 10.5. The Bertz CT molecular complexity index is 605. The summed E-state index contributed by atoms with van der Waals surface area (Å²) in [6.07, 6.45) is 5.41. The lowest BCUT2D eigenvalue weighted by Crippen LogP contribution is -1.92. The first-order chi connectivity index (χ1) is 8.71. The molecule has 0 fully saturated rings. The van der Waals surface area contributed by atoms with Gasteiger partial charge in [-0.1, -0.05) is 18.2 Å². The topological polar surface area (TPSA) is 30.2 Å². The fourth-order valence-corrected chi connectivity index (χ4v) is 2.15. The summed E-state index contributed by atoms with van der Waals surface area (Å²) in [6, 6.07) is 5.98. The summed E-state index contributed by atoms with van der Waals surface area (Å²) < 4.78 is 5.46. The lowest BCUT2D eigenvalue weighted by atomic mass is 9.94. The molecule has 0 saturated carbocycles. The van der Waals surface area contributed by atoms with E-state index >= 15 is 0 Å². The molecule has 0 aliphatic rings. The van der Waals surface area contributed by atoms with Crippen molar-refractivity contribution in [2.75, 3.05) is 0 Å². The number of benzene rings is 1. The number of allylic oxidation sites excluding steroid dienone is 2. The van der Waals surface area contributed by atoms with Crippen LogP contribution in [0.5, 0.6) is 0 Å². The summed E-state index contributed by atoms with van der Waals surface area (Å²) in [5.74, 6) is 0.655. The fraction of sp³-hybridized carbons (Fsp3) is 0.188. The first-order valence-corrected chi connectivity index (χ1v) is 5.93. The summed E-state index contributed by atoms with van der Waals surface area (Å²) in [6.45, 7) is 9.51. The van der Waals surface area contributed by atoms with E-state index in [4.69, 9.17) is 4.42 Å². The third-order valence-electron chi connectivity index (χ3n) is 3.24. The van der Waals surface area contributed by atoms with Crippen LogP contribution in [0.15, 0.2) is 47.9 Å². The maximum Gasteiger partial charge on any atom is 0.185 e. The number of hydrogen-bond donors (Lipinski definition) is 0. The maximum atomic E-state index is 10.9. The van der Waals surface area contributed by atoms with E-state index in [0.717, 1.165) is 29.2 Å². The Labute approximate surface area is 107 Å². The first-order valence-electron chi connectivity index (χ1n) is 5.93. The van der Waals surface area contributed by atoms with Crippen LogP contribution >= 0.6 is 0 Å². The zero-order chi connectivity index (χ0) is 13.1. The van der Waals surface area contributed by atoms with Crippen molar-refractivity contribution in [2.45, 2.75) is 19.3 Å². The van der Waals surface area contributed by atoms with Gasteiger partial charge in [-0.05, 0) is 31.0 Å². The van der Waals surface area contributed by atoms with E-state index in [2.05, 4.69) is 19.2 Å². The Morgan fingerprint density at radius 3 is 2.78 bits per heavy atom. The van der Waals surface area contributed by atoms with Crippen molar-refractivity contribution < 1.29 is 9.21 Å². The van der Waals surface area contributed by atoms with E-state index in [1.807, 2.05) is 31.2 Å². The maximum absolute atomic E-state index is 10.9. The number of aldehydes is 1. The van der Waals surface area contributed by atoms with Gasteiger partial charge in [-0.25, -0.2) is 0 Å². The van der Waals surface area contributed by atoms with Gasteiger partial charge in [-0.15, -0.1) is 13.2 Å². The number of carbonyl (C=O) groups excluding carboxylic acids is 1. The molecule has 0 aliphatic carbocycles. The van der Waals surface area contributed by atoms with Gasteiger partial charge in [0, 0.05) is 16.9 Å². The monoisotopic (exact) mass is 240 g/mol. The van der Waals surface area contributed by atoms with Crippen LogP contribution in [-0.2, 0) is 0 Å². The van der Waals surface area contributed by atoms with Crippen LogP contribution in [-0.4, -0.2) is 6.29 Å². The molecule has 0 amide bonds. The van der Waals surface area contributed by atoms with Crippen molar-refractivity contribution in [1.82, 2.24) is 0 Å². The Kier molecular flexibility index (Phi) is 3.47. The standard InChI is InChI=1S/C16H16O2/c1-4-6-12(5-2)13-7-8-15-14(9-13)11(3)16(10-17)18-15/h4-5,7-10,12H,1-2,6H2,3H3. The second kappa shape index (κ2) is 5.05. The largest absolute Gasteiger partial charge is 0.453 e. The average Bonchev–Trinajstić information content (AvgIpc) is 2.72. The minimum Gasteiger partial charge on any atom is -0.453 e. The number of rotatable bonds is 5. The summed E-state index contributed by atoms with van der Waals surface area (Å²) in [5, 5.41) is 0.991. The van der Waals surface area contributed by atoms with Crippen LogP contribution < -0.4 is 0 Å². The highest BCUT2D eigenvalue weighted by Gasteiger charge is 2.12. The molecule has 2 heteroatoms. The third-order valence-corrected chi connectivity index (χ3v) is 3.24. The van der Waals surface area contributed by atoms with Gasteiger partial charge in [0.15, 0.2) is 12.0 Å². The highest BCUT2D eigenvalue weighted by molar-refractivity contribution is 5.89. The Balaban J connectivity index is 2.54. The molecule has 1 aromatic carbocycles. The minimum absolute atomic E-state index is 0.251. The molecule has 18 heavy (non-hydrogen) atoms. The second-order valence-electron chi connectivity index (χ2n) is 4.33. The smallest absolute Gasteiger partial charge is 0.185 e. The molecule has 0 saturated heterocycles. The highest BCUT2D eigenvalue weighted by Crippen LogP contribution is 2.29. The molecule has 0 spiro atoms. The Morgan fingerprint density at radius 1 is 1.39 bits per heavy atom. The van der Waals surface area contributed by atoms with Crippen LogP contribution in [0, 0.1) is 6.92 Å². The average molecular weight is 240 g/mol. The van der Waals surface area contributed by atoms with Crippen LogP contribution in [0.2, 0.25) is 0 Å². The highest BCUT2D eigenvalue weighted by atomic mass is 16.3. The zero-order valence-corrected chi connectivity index (χ0v) is 10.5.